The van der Waals surface area contributed by atoms with Crippen molar-refractivity contribution < 1.29 is 26.9 Å². The SMILES string of the molecule is CC(NC(=O)CCc1nc(-c2cccc(C(F)(F)F)c2)no1)c1ccc(F)cc1. The van der Waals surface area contributed by atoms with Gasteiger partial charge in [0.2, 0.25) is 17.6 Å². The summed E-state index contributed by atoms with van der Waals surface area (Å²) >= 11 is 0. The van der Waals surface area contributed by atoms with Crippen molar-refractivity contribution in [2.24, 2.45) is 0 Å². The van der Waals surface area contributed by atoms with Gasteiger partial charge in [0, 0.05) is 18.4 Å². The van der Waals surface area contributed by atoms with Crippen molar-refractivity contribution in [2.45, 2.75) is 32.0 Å². The average Bonchev–Trinajstić information content (AvgIpc) is 3.15. The number of hydrogen-bond acceptors (Lipinski definition) is 4. The Kier molecular flexibility index (Phi) is 5.95. The molecule has 1 heterocycles. The van der Waals surface area contributed by atoms with Gasteiger partial charge in [-0.15, -0.1) is 0 Å². The van der Waals surface area contributed by atoms with Gasteiger partial charge in [-0.25, -0.2) is 4.39 Å². The maximum Gasteiger partial charge on any atom is 0.416 e. The van der Waals surface area contributed by atoms with Crippen LogP contribution in [0.5, 0.6) is 0 Å². The molecule has 0 bridgehead atoms. The first-order valence-electron chi connectivity index (χ1n) is 8.77. The molecular formula is C20H17F4N3O2. The van der Waals surface area contributed by atoms with Crippen LogP contribution in [0.15, 0.2) is 53.1 Å². The van der Waals surface area contributed by atoms with E-state index in [-0.39, 0.29) is 47.9 Å². The summed E-state index contributed by atoms with van der Waals surface area (Å²) in [6.07, 6.45) is -4.29. The van der Waals surface area contributed by atoms with E-state index in [1.807, 2.05) is 0 Å². The fraction of sp³-hybridized carbons (Fsp3) is 0.250. The van der Waals surface area contributed by atoms with Crippen LogP contribution in [-0.4, -0.2) is 16.0 Å². The Hall–Kier alpha value is -3.23. The van der Waals surface area contributed by atoms with Gasteiger partial charge in [-0.05, 0) is 36.8 Å². The van der Waals surface area contributed by atoms with Gasteiger partial charge in [-0.1, -0.05) is 29.4 Å². The molecule has 5 nitrogen and oxygen atoms in total. The highest BCUT2D eigenvalue weighted by Gasteiger charge is 2.30. The fourth-order valence-corrected chi connectivity index (χ4v) is 2.68. The van der Waals surface area contributed by atoms with Crippen LogP contribution in [0.4, 0.5) is 17.6 Å². The van der Waals surface area contributed by atoms with E-state index in [1.54, 1.807) is 19.1 Å². The molecule has 0 spiro atoms. The zero-order valence-electron chi connectivity index (χ0n) is 15.3. The first-order valence-corrected chi connectivity index (χ1v) is 8.77. The lowest BCUT2D eigenvalue weighted by Crippen LogP contribution is -2.26. The molecule has 152 valence electrons. The van der Waals surface area contributed by atoms with Gasteiger partial charge < -0.3 is 9.84 Å². The first-order chi connectivity index (χ1) is 13.7. The van der Waals surface area contributed by atoms with Crippen LogP contribution >= 0.6 is 0 Å². The lowest BCUT2D eigenvalue weighted by atomic mass is 10.1. The Bertz CT molecular complexity index is 984. The van der Waals surface area contributed by atoms with Crippen LogP contribution in [0.1, 0.15) is 36.4 Å². The van der Waals surface area contributed by atoms with Crippen LogP contribution in [0.25, 0.3) is 11.4 Å². The topological polar surface area (TPSA) is 68.0 Å². The smallest absolute Gasteiger partial charge is 0.350 e. The molecule has 1 aromatic heterocycles. The average molecular weight is 407 g/mol. The monoisotopic (exact) mass is 407 g/mol. The molecule has 2 aromatic carbocycles. The molecule has 1 atom stereocenters. The molecule has 0 aliphatic heterocycles. The second kappa shape index (κ2) is 8.42. The third-order valence-corrected chi connectivity index (χ3v) is 4.23. The number of nitrogens with one attached hydrogen (secondary N) is 1. The van der Waals surface area contributed by atoms with E-state index < -0.39 is 11.7 Å². The predicted molar refractivity (Wildman–Crippen MR) is 96.0 cm³/mol. The van der Waals surface area contributed by atoms with Gasteiger partial charge in [-0.3, -0.25) is 4.79 Å². The molecule has 3 rings (SSSR count). The summed E-state index contributed by atoms with van der Waals surface area (Å²) in [4.78, 5) is 16.2. The van der Waals surface area contributed by atoms with Gasteiger partial charge in [0.05, 0.1) is 11.6 Å². The lowest BCUT2D eigenvalue weighted by molar-refractivity contribution is -0.137. The number of aromatic nitrogens is 2. The summed E-state index contributed by atoms with van der Waals surface area (Å²) < 4.78 is 56.4. The predicted octanol–water partition coefficient (Wildman–Crippen LogP) is 4.70. The van der Waals surface area contributed by atoms with Crippen molar-refractivity contribution in [1.82, 2.24) is 15.5 Å². The minimum absolute atomic E-state index is 0.0196. The summed E-state index contributed by atoms with van der Waals surface area (Å²) in [6, 6.07) is 10.1. The molecule has 0 radical (unpaired) electrons. The van der Waals surface area contributed by atoms with Gasteiger partial charge in [-0.2, -0.15) is 18.2 Å². The van der Waals surface area contributed by atoms with Crippen molar-refractivity contribution in [3.63, 3.8) is 0 Å². The van der Waals surface area contributed by atoms with Crippen LogP contribution in [0.2, 0.25) is 0 Å². The second-order valence-corrected chi connectivity index (χ2v) is 6.43. The zero-order chi connectivity index (χ0) is 21.0. The minimum atomic E-state index is -4.47. The van der Waals surface area contributed by atoms with E-state index in [2.05, 4.69) is 15.5 Å². The Morgan fingerprint density at radius 2 is 1.90 bits per heavy atom. The van der Waals surface area contributed by atoms with E-state index in [0.29, 0.717) is 0 Å². The maximum atomic E-state index is 13.0. The molecule has 0 fully saturated rings. The number of alkyl halides is 3. The van der Waals surface area contributed by atoms with Gasteiger partial charge in [0.15, 0.2) is 0 Å². The van der Waals surface area contributed by atoms with Crippen molar-refractivity contribution in [3.05, 3.63) is 71.4 Å². The summed E-state index contributed by atoms with van der Waals surface area (Å²) in [5.41, 5.74) is 0.115. The molecular weight excluding hydrogens is 390 g/mol. The lowest BCUT2D eigenvalue weighted by Gasteiger charge is -2.13. The Morgan fingerprint density at radius 3 is 2.59 bits per heavy atom. The van der Waals surface area contributed by atoms with E-state index in [0.717, 1.165) is 17.7 Å². The zero-order valence-corrected chi connectivity index (χ0v) is 15.3. The number of benzene rings is 2. The van der Waals surface area contributed by atoms with Crippen LogP contribution < -0.4 is 5.32 Å². The molecule has 9 heteroatoms. The van der Waals surface area contributed by atoms with Gasteiger partial charge in [0.25, 0.3) is 0 Å². The van der Waals surface area contributed by atoms with Crippen molar-refractivity contribution in [1.29, 1.82) is 0 Å². The third-order valence-electron chi connectivity index (χ3n) is 4.23. The summed E-state index contributed by atoms with van der Waals surface area (Å²) in [7, 11) is 0. The number of carbonyl (C=O) groups excluding carboxylic acids is 1. The largest absolute Gasteiger partial charge is 0.416 e. The second-order valence-electron chi connectivity index (χ2n) is 6.43. The number of amides is 1. The highest BCUT2D eigenvalue weighted by atomic mass is 19.4. The molecule has 0 saturated heterocycles. The van der Waals surface area contributed by atoms with E-state index in [4.69, 9.17) is 4.52 Å². The van der Waals surface area contributed by atoms with E-state index in [1.165, 1.54) is 24.3 Å². The number of rotatable bonds is 6. The fourth-order valence-electron chi connectivity index (χ4n) is 2.68. The number of halogens is 4. The number of carbonyl (C=O) groups is 1. The normalized spacial score (nSPS) is 12.6. The highest BCUT2D eigenvalue weighted by molar-refractivity contribution is 5.76. The summed E-state index contributed by atoms with van der Waals surface area (Å²) in [5, 5.41) is 6.46. The molecule has 0 saturated carbocycles. The minimum Gasteiger partial charge on any atom is -0.350 e. The van der Waals surface area contributed by atoms with Crippen molar-refractivity contribution in [3.8, 4) is 11.4 Å². The Morgan fingerprint density at radius 1 is 1.17 bits per heavy atom. The standard InChI is InChI=1S/C20H17F4N3O2/c1-12(13-5-7-16(21)8-6-13)25-17(28)9-10-18-26-19(27-29-18)14-3-2-4-15(11-14)20(22,23)24/h2-8,11-12H,9-10H2,1H3,(H,25,28). The van der Waals surface area contributed by atoms with Crippen LogP contribution in [0, 0.1) is 5.82 Å². The third kappa shape index (κ3) is 5.40. The first kappa shape index (κ1) is 20.5. The number of hydrogen-bond donors (Lipinski definition) is 1. The van der Waals surface area contributed by atoms with E-state index in [9.17, 15) is 22.4 Å². The van der Waals surface area contributed by atoms with Crippen molar-refractivity contribution >= 4 is 5.91 Å². The Labute approximate surface area is 163 Å². The van der Waals surface area contributed by atoms with Gasteiger partial charge in [0.1, 0.15) is 5.82 Å². The molecule has 1 N–H and O–H groups in total. The number of aryl methyl sites for hydroxylation is 1. The summed E-state index contributed by atoms with van der Waals surface area (Å²) in [5.74, 6) is -0.478. The van der Waals surface area contributed by atoms with Crippen LogP contribution in [-0.2, 0) is 17.4 Å². The quantitative estimate of drug-likeness (QED) is 0.602. The summed E-state index contributed by atoms with van der Waals surface area (Å²) in [6.45, 7) is 1.77. The van der Waals surface area contributed by atoms with Gasteiger partial charge >= 0.3 is 6.18 Å². The van der Waals surface area contributed by atoms with E-state index >= 15 is 0 Å². The molecule has 1 amide bonds. The molecule has 29 heavy (non-hydrogen) atoms. The number of nitrogens with zero attached hydrogens (tertiary/aromatic N) is 2. The van der Waals surface area contributed by atoms with Crippen LogP contribution in [0.3, 0.4) is 0 Å². The molecule has 3 aromatic rings. The van der Waals surface area contributed by atoms with Crippen molar-refractivity contribution in [2.75, 3.05) is 0 Å². The highest BCUT2D eigenvalue weighted by Crippen LogP contribution is 2.31. The molecule has 0 aliphatic carbocycles. The molecule has 1 unspecified atom stereocenters. The Balaban J connectivity index is 1.58. The molecule has 0 aliphatic rings. The maximum absolute atomic E-state index is 13.0.